The van der Waals surface area contributed by atoms with Crippen LogP contribution in [-0.2, 0) is 14.2 Å². The number of hydrogen-bond donors (Lipinski definition) is 0. The van der Waals surface area contributed by atoms with Crippen molar-refractivity contribution >= 4 is 0 Å². The molecule has 1 atom stereocenters. The third-order valence-corrected chi connectivity index (χ3v) is 1.95. The summed E-state index contributed by atoms with van der Waals surface area (Å²) in [5, 5.41) is 0. The van der Waals surface area contributed by atoms with E-state index < -0.39 is 6.48 Å². The van der Waals surface area contributed by atoms with E-state index in [1.54, 1.807) is 14.2 Å². The van der Waals surface area contributed by atoms with Crippen LogP contribution in [0.1, 0.15) is 13.8 Å². The fraction of sp³-hybridized carbons (Fsp3) is 0.600. The molecule has 0 saturated carbocycles. The first-order chi connectivity index (χ1) is 6.17. The smallest absolute Gasteiger partial charge is 0.315 e. The summed E-state index contributed by atoms with van der Waals surface area (Å²) in [7, 11) is 3.10. The van der Waals surface area contributed by atoms with Gasteiger partial charge in [0.15, 0.2) is 0 Å². The van der Waals surface area contributed by atoms with Crippen molar-refractivity contribution in [2.75, 3.05) is 14.2 Å². The van der Waals surface area contributed by atoms with E-state index in [0.717, 1.165) is 5.76 Å². The van der Waals surface area contributed by atoms with Gasteiger partial charge in [0, 0.05) is 20.1 Å². The number of ether oxygens (including phenoxy) is 3. The Morgan fingerprint density at radius 3 is 2.31 bits per heavy atom. The van der Waals surface area contributed by atoms with E-state index in [-0.39, 0.29) is 0 Å². The average Bonchev–Trinajstić information content (AvgIpc) is 2.41. The maximum absolute atomic E-state index is 5.46. The van der Waals surface area contributed by atoms with Gasteiger partial charge in [0.05, 0.1) is 0 Å². The zero-order valence-corrected chi connectivity index (χ0v) is 8.53. The first-order valence-corrected chi connectivity index (χ1v) is 4.29. The van der Waals surface area contributed by atoms with Crippen molar-refractivity contribution in [3.05, 3.63) is 23.5 Å². The summed E-state index contributed by atoms with van der Waals surface area (Å²) in [6, 6.07) is 0. The summed E-state index contributed by atoms with van der Waals surface area (Å²) < 4.78 is 15.3. The molecule has 0 radical (unpaired) electrons. The van der Waals surface area contributed by atoms with Gasteiger partial charge in [-0.05, 0) is 13.0 Å². The molecule has 0 aromatic heterocycles. The molecule has 0 saturated heterocycles. The standard InChI is InChI=1S/C10H16O3/c1-7-5-8(2)9(6-7)13-10(11-3)12-4/h5-6,8,10H,1-4H3. The molecule has 0 bridgehead atoms. The zero-order valence-electron chi connectivity index (χ0n) is 8.53. The molecule has 0 amide bonds. The fourth-order valence-electron chi connectivity index (χ4n) is 1.33. The molecule has 1 rings (SSSR count). The lowest BCUT2D eigenvalue weighted by molar-refractivity contribution is -0.249. The largest absolute Gasteiger partial charge is 0.445 e. The monoisotopic (exact) mass is 184 g/mol. The topological polar surface area (TPSA) is 27.7 Å². The van der Waals surface area contributed by atoms with Crippen molar-refractivity contribution in [3.63, 3.8) is 0 Å². The normalized spacial score (nSPS) is 21.8. The first kappa shape index (κ1) is 10.3. The molecule has 0 aromatic rings. The van der Waals surface area contributed by atoms with E-state index in [2.05, 4.69) is 13.0 Å². The second kappa shape index (κ2) is 4.44. The van der Waals surface area contributed by atoms with Gasteiger partial charge in [-0.2, -0.15) is 0 Å². The molecule has 0 heterocycles. The van der Waals surface area contributed by atoms with Crippen LogP contribution in [0.15, 0.2) is 23.5 Å². The van der Waals surface area contributed by atoms with Crippen molar-refractivity contribution in [1.82, 2.24) is 0 Å². The van der Waals surface area contributed by atoms with Gasteiger partial charge < -0.3 is 14.2 Å². The van der Waals surface area contributed by atoms with Crippen LogP contribution in [-0.4, -0.2) is 20.7 Å². The van der Waals surface area contributed by atoms with E-state index in [9.17, 15) is 0 Å². The van der Waals surface area contributed by atoms with Gasteiger partial charge in [-0.3, -0.25) is 0 Å². The van der Waals surface area contributed by atoms with Gasteiger partial charge in [0.1, 0.15) is 5.76 Å². The molecular formula is C10H16O3. The van der Waals surface area contributed by atoms with E-state index in [1.807, 2.05) is 13.0 Å². The van der Waals surface area contributed by atoms with Crippen LogP contribution >= 0.6 is 0 Å². The van der Waals surface area contributed by atoms with Crippen molar-refractivity contribution in [2.24, 2.45) is 5.92 Å². The molecule has 0 aliphatic heterocycles. The summed E-state index contributed by atoms with van der Waals surface area (Å²) >= 11 is 0. The van der Waals surface area contributed by atoms with Crippen LogP contribution in [0.2, 0.25) is 0 Å². The van der Waals surface area contributed by atoms with Gasteiger partial charge in [-0.25, -0.2) is 0 Å². The lowest BCUT2D eigenvalue weighted by Gasteiger charge is -2.18. The summed E-state index contributed by atoms with van der Waals surface area (Å²) in [6.07, 6.45) is 4.13. The summed E-state index contributed by atoms with van der Waals surface area (Å²) in [6.45, 7) is 3.51. The highest BCUT2D eigenvalue weighted by molar-refractivity contribution is 5.30. The predicted octanol–water partition coefficient (Wildman–Crippen LogP) is 2.06. The number of hydrogen-bond acceptors (Lipinski definition) is 3. The number of methoxy groups -OCH3 is 2. The zero-order chi connectivity index (χ0) is 9.84. The average molecular weight is 184 g/mol. The Labute approximate surface area is 79.0 Å². The van der Waals surface area contributed by atoms with Crippen molar-refractivity contribution in [2.45, 2.75) is 20.3 Å². The van der Waals surface area contributed by atoms with Crippen LogP contribution in [0.5, 0.6) is 0 Å². The third-order valence-electron chi connectivity index (χ3n) is 1.95. The second-order valence-corrected chi connectivity index (χ2v) is 3.12. The summed E-state index contributed by atoms with van der Waals surface area (Å²) in [5.41, 5.74) is 1.22. The Bertz CT molecular complexity index is 226. The number of rotatable bonds is 4. The molecular weight excluding hydrogens is 168 g/mol. The van der Waals surface area contributed by atoms with Crippen LogP contribution in [0.4, 0.5) is 0 Å². The highest BCUT2D eigenvalue weighted by Gasteiger charge is 2.17. The van der Waals surface area contributed by atoms with Crippen LogP contribution < -0.4 is 0 Å². The highest BCUT2D eigenvalue weighted by Crippen LogP contribution is 2.25. The van der Waals surface area contributed by atoms with Crippen molar-refractivity contribution in [1.29, 1.82) is 0 Å². The minimum Gasteiger partial charge on any atom is -0.445 e. The van der Waals surface area contributed by atoms with E-state index >= 15 is 0 Å². The Kier molecular flexibility index (Phi) is 3.51. The predicted molar refractivity (Wildman–Crippen MR) is 49.9 cm³/mol. The van der Waals surface area contributed by atoms with Crippen LogP contribution in [0.25, 0.3) is 0 Å². The molecule has 1 unspecified atom stereocenters. The molecule has 0 aromatic carbocycles. The van der Waals surface area contributed by atoms with Gasteiger partial charge >= 0.3 is 6.48 Å². The van der Waals surface area contributed by atoms with Crippen molar-refractivity contribution in [3.8, 4) is 0 Å². The Balaban J connectivity index is 2.51. The van der Waals surface area contributed by atoms with Gasteiger partial charge in [-0.15, -0.1) is 0 Å². The molecule has 0 fully saturated rings. The fourth-order valence-corrected chi connectivity index (χ4v) is 1.33. The number of allylic oxidation sites excluding steroid dienone is 3. The van der Waals surface area contributed by atoms with Gasteiger partial charge in [0.25, 0.3) is 0 Å². The van der Waals surface area contributed by atoms with Crippen LogP contribution in [0.3, 0.4) is 0 Å². The summed E-state index contributed by atoms with van der Waals surface area (Å²) in [4.78, 5) is 0. The summed E-state index contributed by atoms with van der Waals surface area (Å²) in [5.74, 6) is 1.21. The van der Waals surface area contributed by atoms with E-state index in [0.29, 0.717) is 5.92 Å². The molecule has 0 N–H and O–H groups in total. The molecule has 0 spiro atoms. The Morgan fingerprint density at radius 1 is 1.31 bits per heavy atom. The molecule has 3 heteroatoms. The van der Waals surface area contributed by atoms with E-state index in [4.69, 9.17) is 14.2 Å². The molecule has 13 heavy (non-hydrogen) atoms. The Hall–Kier alpha value is -0.800. The SMILES string of the molecule is COC(OC)OC1=CC(C)=CC1C. The maximum atomic E-state index is 5.46. The minimum atomic E-state index is -0.604. The molecule has 1 aliphatic carbocycles. The third kappa shape index (κ3) is 2.57. The first-order valence-electron chi connectivity index (χ1n) is 4.29. The van der Waals surface area contributed by atoms with E-state index in [1.165, 1.54) is 5.57 Å². The highest BCUT2D eigenvalue weighted by atomic mass is 16.8. The van der Waals surface area contributed by atoms with Crippen molar-refractivity contribution < 1.29 is 14.2 Å². The second-order valence-electron chi connectivity index (χ2n) is 3.12. The molecule has 3 nitrogen and oxygen atoms in total. The lowest BCUT2D eigenvalue weighted by atomic mass is 10.2. The maximum Gasteiger partial charge on any atom is 0.315 e. The quantitative estimate of drug-likeness (QED) is 0.626. The molecule has 74 valence electrons. The molecule has 1 aliphatic rings. The minimum absolute atomic E-state index is 0.313. The van der Waals surface area contributed by atoms with Gasteiger partial charge in [0.2, 0.25) is 0 Å². The van der Waals surface area contributed by atoms with Crippen LogP contribution in [0, 0.1) is 5.92 Å². The van der Waals surface area contributed by atoms with Gasteiger partial charge in [-0.1, -0.05) is 18.6 Å². The lowest BCUT2D eigenvalue weighted by Crippen LogP contribution is -2.18. The Morgan fingerprint density at radius 2 is 1.92 bits per heavy atom.